The van der Waals surface area contributed by atoms with Crippen LogP contribution in [0.15, 0.2) is 70.7 Å². The van der Waals surface area contributed by atoms with Crippen molar-refractivity contribution < 1.29 is 14.0 Å². The van der Waals surface area contributed by atoms with Gasteiger partial charge in [-0.3, -0.25) is 19.8 Å². The van der Waals surface area contributed by atoms with Crippen molar-refractivity contribution in [3.63, 3.8) is 0 Å². The van der Waals surface area contributed by atoms with E-state index in [1.165, 1.54) is 11.0 Å². The van der Waals surface area contributed by atoms with Crippen LogP contribution in [0.3, 0.4) is 0 Å². The van der Waals surface area contributed by atoms with Gasteiger partial charge in [-0.25, -0.2) is 0 Å². The van der Waals surface area contributed by atoms with Crippen LogP contribution >= 0.6 is 35.4 Å². The quantitative estimate of drug-likeness (QED) is 0.348. The summed E-state index contributed by atoms with van der Waals surface area (Å²) in [6.45, 7) is 0. The molecule has 2 amide bonds. The number of nitrogens with one attached hydrogen (secondary N) is 1. The van der Waals surface area contributed by atoms with Crippen molar-refractivity contribution in [3.8, 4) is 11.3 Å². The van der Waals surface area contributed by atoms with E-state index in [0.717, 1.165) is 0 Å². The summed E-state index contributed by atoms with van der Waals surface area (Å²) >= 11 is 17.5. The van der Waals surface area contributed by atoms with Crippen LogP contribution in [0.1, 0.15) is 5.76 Å². The molecule has 4 rings (SSSR count). The largest absolute Gasteiger partial charge is 0.457 e. The molecule has 29 heavy (non-hydrogen) atoms. The molecule has 5 nitrogen and oxygen atoms in total. The number of benzene rings is 2. The molecule has 3 aromatic rings. The van der Waals surface area contributed by atoms with Crippen LogP contribution in [0.5, 0.6) is 0 Å². The normalized spacial score (nSPS) is 15.7. The van der Waals surface area contributed by atoms with Crippen molar-refractivity contribution in [2.24, 2.45) is 0 Å². The molecule has 8 heteroatoms. The summed E-state index contributed by atoms with van der Waals surface area (Å²) in [5.74, 6) is -0.353. The van der Waals surface area contributed by atoms with Crippen molar-refractivity contribution in [2.75, 3.05) is 4.90 Å². The molecule has 2 aromatic carbocycles. The Bertz CT molecular complexity index is 1170. The predicted octanol–water partition coefficient (Wildman–Crippen LogP) is 5.08. The SMILES string of the molecule is O=C1NC(=S)N(c2ccccc2)C(=O)/C1=C/c1ccc(-c2cccc(Cl)c2Cl)o1. The second kappa shape index (κ2) is 7.83. The summed E-state index contributed by atoms with van der Waals surface area (Å²) in [6.07, 6.45) is 1.37. The molecule has 0 unspecified atom stereocenters. The molecule has 1 aliphatic rings. The fourth-order valence-electron chi connectivity index (χ4n) is 2.88. The minimum absolute atomic E-state index is 0.0224. The monoisotopic (exact) mass is 442 g/mol. The Hall–Kier alpha value is -2.93. The Morgan fingerprint density at radius 1 is 0.966 bits per heavy atom. The second-order valence-corrected chi connectivity index (χ2v) is 7.27. The molecule has 0 aliphatic carbocycles. The maximum absolute atomic E-state index is 13.0. The number of para-hydroxylation sites is 1. The predicted molar refractivity (Wildman–Crippen MR) is 117 cm³/mol. The third-order valence-corrected chi connectivity index (χ3v) is 5.35. The molecule has 1 aliphatic heterocycles. The van der Waals surface area contributed by atoms with E-state index in [1.807, 2.05) is 6.07 Å². The first-order valence-electron chi connectivity index (χ1n) is 8.46. The van der Waals surface area contributed by atoms with Gasteiger partial charge in [-0.15, -0.1) is 0 Å². The highest BCUT2D eigenvalue weighted by Crippen LogP contribution is 2.34. The van der Waals surface area contributed by atoms with Gasteiger partial charge in [-0.2, -0.15) is 0 Å². The topological polar surface area (TPSA) is 62.6 Å². The number of thiocarbonyl (C=S) groups is 1. The summed E-state index contributed by atoms with van der Waals surface area (Å²) in [5.41, 5.74) is 1.06. The van der Waals surface area contributed by atoms with E-state index in [9.17, 15) is 9.59 Å². The fraction of sp³-hybridized carbons (Fsp3) is 0. The zero-order chi connectivity index (χ0) is 20.5. The maximum Gasteiger partial charge on any atom is 0.270 e. The van der Waals surface area contributed by atoms with Crippen LogP contribution in [0, 0.1) is 0 Å². The highest BCUT2D eigenvalue weighted by atomic mass is 35.5. The molecule has 1 N–H and O–H groups in total. The number of anilines is 1. The standard InChI is InChI=1S/C21H12Cl2N2O3S/c22-16-8-4-7-14(18(16)23)17-10-9-13(28-17)11-15-19(26)24-21(29)25(20(15)27)12-5-2-1-3-6-12/h1-11H,(H,24,26,29)/b15-11+. The third-order valence-electron chi connectivity index (χ3n) is 4.25. The molecule has 0 spiro atoms. The Morgan fingerprint density at radius 3 is 2.48 bits per heavy atom. The van der Waals surface area contributed by atoms with E-state index < -0.39 is 11.8 Å². The molecule has 0 radical (unpaired) electrons. The molecule has 1 aromatic heterocycles. The summed E-state index contributed by atoms with van der Waals surface area (Å²) in [7, 11) is 0. The Labute approximate surface area is 181 Å². The third kappa shape index (κ3) is 3.70. The number of halogens is 2. The molecule has 1 fully saturated rings. The average molecular weight is 443 g/mol. The number of furan rings is 1. The maximum atomic E-state index is 13.0. The smallest absolute Gasteiger partial charge is 0.270 e. The lowest BCUT2D eigenvalue weighted by molar-refractivity contribution is -0.122. The van der Waals surface area contributed by atoms with Crippen molar-refractivity contribution in [1.29, 1.82) is 0 Å². The number of carbonyl (C=O) groups excluding carboxylic acids is 2. The van der Waals surface area contributed by atoms with Gasteiger partial charge in [0.1, 0.15) is 17.1 Å². The lowest BCUT2D eigenvalue weighted by atomic mass is 10.1. The lowest BCUT2D eigenvalue weighted by Crippen LogP contribution is -2.54. The summed E-state index contributed by atoms with van der Waals surface area (Å²) < 4.78 is 5.77. The molecular weight excluding hydrogens is 431 g/mol. The van der Waals surface area contributed by atoms with Gasteiger partial charge in [0.2, 0.25) is 0 Å². The van der Waals surface area contributed by atoms with Gasteiger partial charge in [0, 0.05) is 5.56 Å². The van der Waals surface area contributed by atoms with Crippen LogP contribution in [0.2, 0.25) is 10.0 Å². The van der Waals surface area contributed by atoms with Crippen LogP contribution < -0.4 is 10.2 Å². The van der Waals surface area contributed by atoms with E-state index >= 15 is 0 Å². The molecule has 2 heterocycles. The van der Waals surface area contributed by atoms with Crippen molar-refractivity contribution in [3.05, 3.63) is 82.0 Å². The minimum Gasteiger partial charge on any atom is -0.457 e. The first-order chi connectivity index (χ1) is 14.0. The average Bonchev–Trinajstić information content (AvgIpc) is 3.16. The first-order valence-corrected chi connectivity index (χ1v) is 9.63. The molecule has 0 bridgehead atoms. The minimum atomic E-state index is -0.592. The molecular formula is C21H12Cl2N2O3S. The van der Waals surface area contributed by atoms with E-state index in [2.05, 4.69) is 5.32 Å². The van der Waals surface area contributed by atoms with Gasteiger partial charge in [0.15, 0.2) is 5.11 Å². The van der Waals surface area contributed by atoms with Gasteiger partial charge in [-0.05, 0) is 54.7 Å². The van der Waals surface area contributed by atoms with Crippen molar-refractivity contribution in [2.45, 2.75) is 0 Å². The van der Waals surface area contributed by atoms with E-state index in [1.54, 1.807) is 54.6 Å². The van der Waals surface area contributed by atoms with E-state index in [-0.39, 0.29) is 10.7 Å². The summed E-state index contributed by atoms with van der Waals surface area (Å²) in [6, 6.07) is 17.3. The summed E-state index contributed by atoms with van der Waals surface area (Å²) in [5, 5.41) is 3.31. The van der Waals surface area contributed by atoms with Crippen LogP contribution in [0.4, 0.5) is 5.69 Å². The highest BCUT2D eigenvalue weighted by Gasteiger charge is 2.34. The van der Waals surface area contributed by atoms with Gasteiger partial charge < -0.3 is 4.42 Å². The Kier molecular flexibility index (Phi) is 5.24. The second-order valence-electron chi connectivity index (χ2n) is 6.10. The van der Waals surface area contributed by atoms with Gasteiger partial charge >= 0.3 is 0 Å². The molecule has 0 atom stereocenters. The highest BCUT2D eigenvalue weighted by molar-refractivity contribution is 7.80. The number of nitrogens with zero attached hydrogens (tertiary/aromatic N) is 1. The zero-order valence-electron chi connectivity index (χ0n) is 14.7. The van der Waals surface area contributed by atoms with Gasteiger partial charge in [-0.1, -0.05) is 47.5 Å². The zero-order valence-corrected chi connectivity index (χ0v) is 17.0. The van der Waals surface area contributed by atoms with Crippen LogP contribution in [-0.4, -0.2) is 16.9 Å². The lowest BCUT2D eigenvalue weighted by Gasteiger charge is -2.28. The van der Waals surface area contributed by atoms with Crippen LogP contribution in [-0.2, 0) is 9.59 Å². The summed E-state index contributed by atoms with van der Waals surface area (Å²) in [4.78, 5) is 26.6. The number of carbonyl (C=O) groups is 2. The Balaban J connectivity index is 1.69. The van der Waals surface area contributed by atoms with Gasteiger partial charge in [0.25, 0.3) is 11.8 Å². The number of hydrogen-bond donors (Lipinski definition) is 1. The number of hydrogen-bond acceptors (Lipinski definition) is 4. The van der Waals surface area contributed by atoms with Crippen LogP contribution in [0.25, 0.3) is 17.4 Å². The van der Waals surface area contributed by atoms with Gasteiger partial charge in [0.05, 0.1) is 15.7 Å². The molecule has 0 saturated carbocycles. The number of amides is 2. The van der Waals surface area contributed by atoms with Crippen molar-refractivity contribution >= 4 is 64.1 Å². The van der Waals surface area contributed by atoms with E-state index in [4.69, 9.17) is 39.8 Å². The number of rotatable bonds is 3. The molecule has 1 saturated heterocycles. The van der Waals surface area contributed by atoms with Crippen molar-refractivity contribution in [1.82, 2.24) is 5.32 Å². The Morgan fingerprint density at radius 2 is 1.72 bits per heavy atom. The van der Waals surface area contributed by atoms with E-state index in [0.29, 0.717) is 32.8 Å². The fourth-order valence-corrected chi connectivity index (χ4v) is 3.56. The first kappa shape index (κ1) is 19.4. The molecule has 144 valence electrons.